The van der Waals surface area contributed by atoms with Crippen molar-refractivity contribution < 1.29 is 9.90 Å². The van der Waals surface area contributed by atoms with E-state index in [1.807, 2.05) is 13.0 Å². The van der Waals surface area contributed by atoms with E-state index in [2.05, 4.69) is 16.7 Å². The SMILES string of the molecule is CC#CCCN1CCCc2cc(C(=O)O)ccc21. The van der Waals surface area contributed by atoms with Crippen molar-refractivity contribution in [3.63, 3.8) is 0 Å². The van der Waals surface area contributed by atoms with Crippen LogP contribution < -0.4 is 4.90 Å². The molecule has 1 aliphatic rings. The molecular formula is C15H17NO2. The smallest absolute Gasteiger partial charge is 0.335 e. The third-order valence-corrected chi connectivity index (χ3v) is 3.22. The summed E-state index contributed by atoms with van der Waals surface area (Å²) in [4.78, 5) is 13.2. The van der Waals surface area contributed by atoms with E-state index in [0.717, 1.165) is 37.9 Å². The number of carboxylic acid groups (broad SMARTS) is 1. The summed E-state index contributed by atoms with van der Waals surface area (Å²) in [5, 5.41) is 8.99. The number of benzene rings is 1. The summed E-state index contributed by atoms with van der Waals surface area (Å²) in [6.45, 7) is 3.80. The quantitative estimate of drug-likeness (QED) is 0.829. The van der Waals surface area contributed by atoms with Crippen LogP contribution in [0.4, 0.5) is 5.69 Å². The van der Waals surface area contributed by atoms with Crippen molar-refractivity contribution in [1.82, 2.24) is 0 Å². The normalized spacial score (nSPS) is 13.5. The Morgan fingerprint density at radius 1 is 1.50 bits per heavy atom. The van der Waals surface area contributed by atoms with Crippen LogP contribution in [0.3, 0.4) is 0 Å². The number of aromatic carboxylic acids is 1. The van der Waals surface area contributed by atoms with Gasteiger partial charge >= 0.3 is 5.97 Å². The Morgan fingerprint density at radius 3 is 3.06 bits per heavy atom. The van der Waals surface area contributed by atoms with Gasteiger partial charge in [0.25, 0.3) is 0 Å². The molecule has 0 radical (unpaired) electrons. The molecule has 0 unspecified atom stereocenters. The van der Waals surface area contributed by atoms with Gasteiger partial charge in [-0.3, -0.25) is 0 Å². The van der Waals surface area contributed by atoms with Crippen LogP contribution in [0, 0.1) is 11.8 Å². The molecule has 1 heterocycles. The number of nitrogens with zero attached hydrogens (tertiary/aromatic N) is 1. The molecule has 1 aromatic carbocycles. The molecule has 0 aliphatic carbocycles. The highest BCUT2D eigenvalue weighted by molar-refractivity contribution is 5.88. The van der Waals surface area contributed by atoms with Crippen molar-refractivity contribution in [1.29, 1.82) is 0 Å². The van der Waals surface area contributed by atoms with Gasteiger partial charge in [-0.1, -0.05) is 0 Å². The number of rotatable bonds is 3. The van der Waals surface area contributed by atoms with Crippen molar-refractivity contribution in [2.45, 2.75) is 26.2 Å². The van der Waals surface area contributed by atoms with Crippen molar-refractivity contribution in [3.05, 3.63) is 29.3 Å². The van der Waals surface area contributed by atoms with Gasteiger partial charge in [0.05, 0.1) is 5.56 Å². The first-order chi connectivity index (χ1) is 8.72. The zero-order valence-electron chi connectivity index (χ0n) is 10.6. The van der Waals surface area contributed by atoms with E-state index in [4.69, 9.17) is 5.11 Å². The molecule has 3 heteroatoms. The van der Waals surface area contributed by atoms with E-state index in [1.54, 1.807) is 12.1 Å². The van der Waals surface area contributed by atoms with E-state index in [-0.39, 0.29) is 0 Å². The second-order valence-corrected chi connectivity index (χ2v) is 4.42. The maximum atomic E-state index is 10.9. The fourth-order valence-corrected chi connectivity index (χ4v) is 2.36. The lowest BCUT2D eigenvalue weighted by molar-refractivity contribution is 0.0697. The Labute approximate surface area is 107 Å². The molecule has 2 rings (SSSR count). The molecule has 94 valence electrons. The maximum Gasteiger partial charge on any atom is 0.335 e. The Kier molecular flexibility index (Phi) is 3.88. The van der Waals surface area contributed by atoms with Crippen LogP contribution in [-0.2, 0) is 6.42 Å². The molecule has 0 saturated carbocycles. The average molecular weight is 243 g/mol. The van der Waals surface area contributed by atoms with Gasteiger partial charge in [0.1, 0.15) is 0 Å². The highest BCUT2D eigenvalue weighted by Gasteiger charge is 2.17. The van der Waals surface area contributed by atoms with Gasteiger partial charge in [-0.05, 0) is 43.5 Å². The van der Waals surface area contributed by atoms with Crippen molar-refractivity contribution in [2.24, 2.45) is 0 Å². The standard InChI is InChI=1S/C15H17NO2/c1-2-3-4-9-16-10-5-6-12-11-13(15(17)18)7-8-14(12)16/h7-8,11H,4-6,9-10H2,1H3,(H,17,18). The molecule has 3 nitrogen and oxygen atoms in total. The van der Waals surface area contributed by atoms with Crippen LogP contribution in [0.2, 0.25) is 0 Å². The number of hydrogen-bond donors (Lipinski definition) is 1. The second kappa shape index (κ2) is 5.59. The van der Waals surface area contributed by atoms with Gasteiger partial charge in [-0.15, -0.1) is 11.8 Å². The monoisotopic (exact) mass is 243 g/mol. The van der Waals surface area contributed by atoms with Gasteiger partial charge in [0.15, 0.2) is 0 Å². The Morgan fingerprint density at radius 2 is 2.33 bits per heavy atom. The topological polar surface area (TPSA) is 40.5 Å². The van der Waals surface area contributed by atoms with E-state index in [0.29, 0.717) is 5.56 Å². The molecule has 0 atom stereocenters. The lowest BCUT2D eigenvalue weighted by Gasteiger charge is -2.31. The Balaban J connectivity index is 2.20. The lowest BCUT2D eigenvalue weighted by atomic mass is 9.99. The first-order valence-corrected chi connectivity index (χ1v) is 6.23. The summed E-state index contributed by atoms with van der Waals surface area (Å²) in [6.07, 6.45) is 2.90. The van der Waals surface area contributed by atoms with Gasteiger partial charge < -0.3 is 10.0 Å². The number of fused-ring (bicyclic) bond motifs is 1. The maximum absolute atomic E-state index is 10.9. The molecule has 0 amide bonds. The fourth-order valence-electron chi connectivity index (χ4n) is 2.36. The minimum absolute atomic E-state index is 0.379. The molecule has 0 spiro atoms. The fraction of sp³-hybridized carbons (Fsp3) is 0.400. The third kappa shape index (κ3) is 2.65. The minimum Gasteiger partial charge on any atom is -0.478 e. The average Bonchev–Trinajstić information content (AvgIpc) is 2.38. The third-order valence-electron chi connectivity index (χ3n) is 3.22. The molecule has 1 N–H and O–H groups in total. The van der Waals surface area contributed by atoms with Crippen molar-refractivity contribution >= 4 is 11.7 Å². The summed E-state index contributed by atoms with van der Waals surface area (Å²) in [6, 6.07) is 5.41. The summed E-state index contributed by atoms with van der Waals surface area (Å²) < 4.78 is 0. The van der Waals surface area contributed by atoms with Crippen LogP contribution in [0.5, 0.6) is 0 Å². The van der Waals surface area contributed by atoms with E-state index >= 15 is 0 Å². The number of hydrogen-bond acceptors (Lipinski definition) is 2. The Hall–Kier alpha value is -1.95. The van der Waals surface area contributed by atoms with E-state index < -0.39 is 5.97 Å². The minimum atomic E-state index is -0.855. The number of carbonyl (C=O) groups is 1. The van der Waals surface area contributed by atoms with Crippen LogP contribution in [0.25, 0.3) is 0 Å². The van der Waals surface area contributed by atoms with Gasteiger partial charge in [0, 0.05) is 25.2 Å². The van der Waals surface area contributed by atoms with Gasteiger partial charge in [-0.25, -0.2) is 4.79 Å². The summed E-state index contributed by atoms with van der Waals surface area (Å²) in [7, 11) is 0. The van der Waals surface area contributed by atoms with Crippen LogP contribution >= 0.6 is 0 Å². The highest BCUT2D eigenvalue weighted by Crippen LogP contribution is 2.28. The van der Waals surface area contributed by atoms with Gasteiger partial charge in [0.2, 0.25) is 0 Å². The molecule has 18 heavy (non-hydrogen) atoms. The molecule has 0 saturated heterocycles. The number of anilines is 1. The number of aryl methyl sites for hydroxylation is 1. The van der Waals surface area contributed by atoms with Crippen molar-refractivity contribution in [2.75, 3.05) is 18.0 Å². The molecule has 1 aliphatic heterocycles. The summed E-state index contributed by atoms with van der Waals surface area (Å²) in [5.74, 6) is 5.12. The Bertz CT molecular complexity index is 511. The first-order valence-electron chi connectivity index (χ1n) is 6.23. The summed E-state index contributed by atoms with van der Waals surface area (Å²) >= 11 is 0. The molecular weight excluding hydrogens is 226 g/mol. The molecule has 0 bridgehead atoms. The first kappa shape index (κ1) is 12.5. The largest absolute Gasteiger partial charge is 0.478 e. The zero-order valence-corrected chi connectivity index (χ0v) is 10.6. The summed E-state index contributed by atoms with van der Waals surface area (Å²) in [5.41, 5.74) is 2.69. The van der Waals surface area contributed by atoms with E-state index in [1.165, 1.54) is 5.69 Å². The second-order valence-electron chi connectivity index (χ2n) is 4.42. The number of carboxylic acids is 1. The molecule has 1 aromatic rings. The van der Waals surface area contributed by atoms with Crippen LogP contribution in [-0.4, -0.2) is 24.2 Å². The molecule has 0 fully saturated rings. The van der Waals surface area contributed by atoms with Gasteiger partial charge in [-0.2, -0.15) is 0 Å². The van der Waals surface area contributed by atoms with Crippen LogP contribution in [0.1, 0.15) is 35.7 Å². The van der Waals surface area contributed by atoms with E-state index in [9.17, 15) is 4.79 Å². The van der Waals surface area contributed by atoms with Crippen molar-refractivity contribution in [3.8, 4) is 11.8 Å². The highest BCUT2D eigenvalue weighted by atomic mass is 16.4. The predicted octanol–water partition coefficient (Wildman–Crippen LogP) is 2.55. The molecule has 0 aromatic heterocycles. The van der Waals surface area contributed by atoms with Crippen LogP contribution in [0.15, 0.2) is 18.2 Å². The predicted molar refractivity (Wildman–Crippen MR) is 72.0 cm³/mol. The lowest BCUT2D eigenvalue weighted by Crippen LogP contribution is -2.30. The zero-order chi connectivity index (χ0) is 13.0.